The van der Waals surface area contributed by atoms with Crippen LogP contribution in [-0.2, 0) is 12.6 Å². The molecular formula is C23H20F4N4S. The van der Waals surface area contributed by atoms with Crippen LogP contribution in [0, 0.1) is 5.82 Å². The quantitative estimate of drug-likeness (QED) is 0.338. The van der Waals surface area contributed by atoms with Crippen LogP contribution in [0.25, 0.3) is 21.2 Å². The van der Waals surface area contributed by atoms with Crippen molar-refractivity contribution in [1.82, 2.24) is 9.97 Å². The Morgan fingerprint density at radius 3 is 2.66 bits per heavy atom. The van der Waals surface area contributed by atoms with Crippen LogP contribution in [0.4, 0.5) is 22.7 Å². The zero-order valence-electron chi connectivity index (χ0n) is 16.9. The van der Waals surface area contributed by atoms with Crippen LogP contribution in [0.2, 0.25) is 0 Å². The molecule has 2 aromatic heterocycles. The van der Waals surface area contributed by atoms with Gasteiger partial charge in [0.05, 0.1) is 10.4 Å². The van der Waals surface area contributed by atoms with Crippen molar-refractivity contribution in [3.63, 3.8) is 0 Å². The molecule has 0 aliphatic heterocycles. The van der Waals surface area contributed by atoms with Crippen molar-refractivity contribution in [2.45, 2.75) is 25.1 Å². The first kappa shape index (κ1) is 22.2. The fourth-order valence-electron chi connectivity index (χ4n) is 3.41. The van der Waals surface area contributed by atoms with Gasteiger partial charge in [-0.1, -0.05) is 29.5 Å². The van der Waals surface area contributed by atoms with Crippen molar-refractivity contribution in [2.24, 2.45) is 5.73 Å². The van der Waals surface area contributed by atoms with Crippen molar-refractivity contribution in [1.29, 1.82) is 0 Å². The number of halogens is 4. The number of nitrogens with two attached hydrogens (primary N) is 1. The van der Waals surface area contributed by atoms with E-state index in [1.165, 1.54) is 17.4 Å². The maximum atomic E-state index is 13.7. The van der Waals surface area contributed by atoms with Gasteiger partial charge in [-0.3, -0.25) is 4.98 Å². The molecule has 0 amide bonds. The monoisotopic (exact) mass is 460 g/mol. The van der Waals surface area contributed by atoms with Gasteiger partial charge < -0.3 is 11.1 Å². The summed E-state index contributed by atoms with van der Waals surface area (Å²) < 4.78 is 51.7. The fourth-order valence-corrected chi connectivity index (χ4v) is 4.25. The second-order valence-corrected chi connectivity index (χ2v) is 8.49. The number of hydrogen-bond donors (Lipinski definition) is 2. The van der Waals surface area contributed by atoms with E-state index in [0.29, 0.717) is 18.5 Å². The first-order valence-corrected chi connectivity index (χ1v) is 10.8. The highest BCUT2D eigenvalue weighted by Gasteiger charge is 2.33. The minimum absolute atomic E-state index is 0.284. The first-order chi connectivity index (χ1) is 15.3. The highest BCUT2D eigenvalue weighted by Crippen LogP contribution is 2.32. The van der Waals surface area contributed by atoms with Crippen molar-refractivity contribution >= 4 is 27.2 Å². The van der Waals surface area contributed by atoms with Gasteiger partial charge in [-0.15, -0.1) is 0 Å². The van der Waals surface area contributed by atoms with Crippen molar-refractivity contribution in [3.05, 3.63) is 78.0 Å². The van der Waals surface area contributed by atoms with E-state index < -0.39 is 17.6 Å². The van der Waals surface area contributed by atoms with Gasteiger partial charge in [-0.2, -0.15) is 13.2 Å². The smallest absolute Gasteiger partial charge is 0.361 e. The number of nitrogens with zero attached hydrogens (tertiary/aromatic N) is 2. The zero-order chi connectivity index (χ0) is 22.7. The number of alkyl halides is 3. The molecule has 4 nitrogen and oxygen atoms in total. The third-order valence-electron chi connectivity index (χ3n) is 5.06. The van der Waals surface area contributed by atoms with Gasteiger partial charge in [0.2, 0.25) is 0 Å². The molecule has 0 aliphatic carbocycles. The number of rotatable bonds is 7. The molecule has 0 spiro atoms. The number of anilines is 1. The van der Waals surface area contributed by atoms with E-state index in [4.69, 9.17) is 5.73 Å². The molecule has 1 atom stereocenters. The maximum Gasteiger partial charge on any atom is 0.419 e. The summed E-state index contributed by atoms with van der Waals surface area (Å²) in [6, 6.07) is 10.7. The topological polar surface area (TPSA) is 63.8 Å². The van der Waals surface area contributed by atoms with E-state index in [-0.39, 0.29) is 12.5 Å². The molecule has 0 saturated carbocycles. The second-order valence-electron chi connectivity index (χ2n) is 7.46. The Hall–Kier alpha value is -3.04. The Kier molecular flexibility index (Phi) is 6.38. The fraction of sp³-hybridized carbons (Fsp3) is 0.217. The van der Waals surface area contributed by atoms with Gasteiger partial charge >= 0.3 is 6.18 Å². The highest BCUT2D eigenvalue weighted by atomic mass is 32.1. The molecule has 2 heterocycles. The number of thiazole rings is 1. The Labute approximate surface area is 186 Å². The van der Waals surface area contributed by atoms with Crippen LogP contribution in [-0.4, -0.2) is 22.6 Å². The predicted molar refractivity (Wildman–Crippen MR) is 119 cm³/mol. The van der Waals surface area contributed by atoms with Crippen molar-refractivity contribution < 1.29 is 17.6 Å². The summed E-state index contributed by atoms with van der Waals surface area (Å²) in [6.45, 7) is 0.542. The average Bonchev–Trinajstić information content (AvgIpc) is 3.21. The lowest BCUT2D eigenvalue weighted by molar-refractivity contribution is -0.140. The van der Waals surface area contributed by atoms with Crippen LogP contribution in [0.1, 0.15) is 17.5 Å². The summed E-state index contributed by atoms with van der Waals surface area (Å²) in [5.41, 5.74) is 6.32. The van der Waals surface area contributed by atoms with Crippen molar-refractivity contribution in [3.8, 4) is 10.4 Å². The number of aromatic nitrogens is 2. The van der Waals surface area contributed by atoms with Gasteiger partial charge in [-0.25, -0.2) is 9.37 Å². The molecule has 9 heteroatoms. The van der Waals surface area contributed by atoms with E-state index in [9.17, 15) is 17.6 Å². The number of hydrogen-bond acceptors (Lipinski definition) is 5. The molecular weight excluding hydrogens is 440 g/mol. The van der Waals surface area contributed by atoms with Crippen LogP contribution in [0.5, 0.6) is 0 Å². The molecule has 0 bridgehead atoms. The molecule has 0 fully saturated rings. The van der Waals surface area contributed by atoms with E-state index in [1.54, 1.807) is 12.4 Å². The van der Waals surface area contributed by atoms with Crippen LogP contribution >= 0.6 is 11.3 Å². The molecule has 3 N–H and O–H groups in total. The normalized spacial score (nSPS) is 12.8. The summed E-state index contributed by atoms with van der Waals surface area (Å²) in [5, 5.41) is 6.15. The van der Waals surface area contributed by atoms with E-state index in [2.05, 4.69) is 21.4 Å². The highest BCUT2D eigenvalue weighted by molar-refractivity contribution is 7.18. The van der Waals surface area contributed by atoms with Gasteiger partial charge in [-0.05, 0) is 53.6 Å². The van der Waals surface area contributed by atoms with Gasteiger partial charge in [0, 0.05) is 36.6 Å². The predicted octanol–water partition coefficient (Wildman–Crippen LogP) is 5.89. The zero-order valence-corrected chi connectivity index (χ0v) is 17.7. The molecule has 166 valence electrons. The number of fused-ring (bicyclic) bond motifs is 1. The number of pyridine rings is 1. The molecule has 4 aromatic rings. The lowest BCUT2D eigenvalue weighted by atomic mass is 10.0. The SMILES string of the molecule is N[C@H](CCNc1ncc(-c2ccc3cnccc3c2)s1)Cc1ccc(C(F)(F)F)c(F)c1. The second kappa shape index (κ2) is 9.22. The minimum Gasteiger partial charge on any atom is -0.361 e. The summed E-state index contributed by atoms with van der Waals surface area (Å²) in [7, 11) is 0. The number of benzene rings is 2. The third-order valence-corrected chi connectivity index (χ3v) is 6.06. The lowest BCUT2D eigenvalue weighted by Crippen LogP contribution is -2.26. The molecule has 0 saturated heterocycles. The number of nitrogens with one attached hydrogen (secondary N) is 1. The van der Waals surface area contributed by atoms with E-state index >= 15 is 0 Å². The molecule has 4 rings (SSSR count). The molecule has 2 aromatic carbocycles. The first-order valence-electron chi connectivity index (χ1n) is 9.94. The minimum atomic E-state index is -4.70. The van der Waals surface area contributed by atoms with Crippen molar-refractivity contribution in [2.75, 3.05) is 11.9 Å². The van der Waals surface area contributed by atoms with Gasteiger partial charge in [0.25, 0.3) is 0 Å². The molecule has 0 radical (unpaired) electrons. The van der Waals surface area contributed by atoms with Crippen LogP contribution in [0.15, 0.2) is 61.1 Å². The van der Waals surface area contributed by atoms with Crippen LogP contribution in [0.3, 0.4) is 0 Å². The largest absolute Gasteiger partial charge is 0.419 e. The Balaban J connectivity index is 1.31. The van der Waals surface area contributed by atoms with Gasteiger partial charge in [0.15, 0.2) is 5.13 Å². The summed E-state index contributed by atoms with van der Waals surface area (Å²) in [4.78, 5) is 9.54. The Bertz CT molecular complexity index is 1220. The Morgan fingerprint density at radius 1 is 1.03 bits per heavy atom. The Morgan fingerprint density at radius 2 is 1.88 bits per heavy atom. The van der Waals surface area contributed by atoms with E-state index in [1.807, 2.05) is 24.4 Å². The lowest BCUT2D eigenvalue weighted by Gasteiger charge is -2.13. The van der Waals surface area contributed by atoms with E-state index in [0.717, 1.165) is 38.5 Å². The molecule has 32 heavy (non-hydrogen) atoms. The maximum absolute atomic E-state index is 13.7. The standard InChI is InChI=1S/C23H20F4N4S/c24-20-10-14(1-4-19(20)23(25,26)27)9-18(28)6-8-30-22-31-13-21(32-22)16-2-3-17-12-29-7-5-15(17)11-16/h1-5,7,10-13,18H,6,8-9,28H2,(H,30,31)/t18-/m1/s1. The van der Waals surface area contributed by atoms with Crippen LogP contribution < -0.4 is 11.1 Å². The summed E-state index contributed by atoms with van der Waals surface area (Å²) in [6.07, 6.45) is 1.52. The van der Waals surface area contributed by atoms with Gasteiger partial charge in [0.1, 0.15) is 5.82 Å². The average molecular weight is 461 g/mol. The summed E-state index contributed by atoms with van der Waals surface area (Å²) in [5.74, 6) is -1.28. The summed E-state index contributed by atoms with van der Waals surface area (Å²) >= 11 is 1.52. The molecule has 0 aliphatic rings. The molecule has 0 unspecified atom stereocenters. The third kappa shape index (κ3) is 5.23.